The molecule has 0 N–H and O–H groups in total. The lowest BCUT2D eigenvalue weighted by Gasteiger charge is -2.15. The van der Waals surface area contributed by atoms with Gasteiger partial charge in [0.05, 0.1) is 6.61 Å². The molecule has 0 aliphatic heterocycles. The molecule has 6 heteroatoms. The summed E-state index contributed by atoms with van der Waals surface area (Å²) < 4.78 is 41.3. The summed E-state index contributed by atoms with van der Waals surface area (Å²) in [4.78, 5) is 0. The third-order valence-corrected chi connectivity index (χ3v) is 3.18. The van der Waals surface area contributed by atoms with Gasteiger partial charge in [-0.3, -0.25) is 0 Å². The summed E-state index contributed by atoms with van der Waals surface area (Å²) in [5.74, 6) is 0.146. The molecular weight excluding hydrogens is 332 g/mol. The van der Waals surface area contributed by atoms with Crippen LogP contribution in [-0.4, -0.2) is 25.3 Å². The van der Waals surface area contributed by atoms with Crippen LogP contribution in [0.3, 0.4) is 0 Å². The normalized spacial score (nSPS) is 13.6. The Bertz CT molecular complexity index is 371. The van der Waals surface area contributed by atoms with Crippen LogP contribution in [0.15, 0.2) is 28.7 Å². The molecule has 0 aromatic heterocycles. The van der Waals surface area contributed by atoms with Crippen LogP contribution < -0.4 is 0 Å². The van der Waals surface area contributed by atoms with Crippen molar-refractivity contribution in [3.05, 3.63) is 34.3 Å². The zero-order valence-electron chi connectivity index (χ0n) is 9.51. The molecule has 0 saturated carbocycles. The fourth-order valence-electron chi connectivity index (χ4n) is 1.50. The average molecular weight is 346 g/mol. The topological polar surface area (TPSA) is 9.23 Å². The Morgan fingerprint density at radius 2 is 2.06 bits per heavy atom. The van der Waals surface area contributed by atoms with Crippen molar-refractivity contribution in [3.8, 4) is 0 Å². The predicted octanol–water partition coefficient (Wildman–Crippen LogP) is 4.43. The highest BCUT2D eigenvalue weighted by Crippen LogP contribution is 2.18. The molecule has 0 radical (unpaired) electrons. The summed E-state index contributed by atoms with van der Waals surface area (Å²) in [5.41, 5.74) is 1.02. The highest BCUT2D eigenvalue weighted by molar-refractivity contribution is 9.10. The molecular formula is C12H13BrClF3O. The Balaban J connectivity index is 2.42. The van der Waals surface area contributed by atoms with Gasteiger partial charge in [0, 0.05) is 10.4 Å². The van der Waals surface area contributed by atoms with Gasteiger partial charge in [-0.05, 0) is 30.0 Å². The van der Waals surface area contributed by atoms with Crippen LogP contribution in [0.1, 0.15) is 5.56 Å². The molecule has 1 aromatic carbocycles. The van der Waals surface area contributed by atoms with Crippen LogP contribution in [0, 0.1) is 5.92 Å². The molecule has 18 heavy (non-hydrogen) atoms. The van der Waals surface area contributed by atoms with E-state index in [1.165, 1.54) is 0 Å². The van der Waals surface area contributed by atoms with E-state index in [1.54, 1.807) is 0 Å². The first kappa shape index (κ1) is 15.8. The van der Waals surface area contributed by atoms with E-state index in [2.05, 4.69) is 20.7 Å². The Morgan fingerprint density at radius 1 is 1.33 bits per heavy atom. The van der Waals surface area contributed by atoms with Gasteiger partial charge in [0.25, 0.3) is 0 Å². The molecule has 1 atom stereocenters. The number of ether oxygens (including phenoxy) is 1. The van der Waals surface area contributed by atoms with E-state index in [9.17, 15) is 13.2 Å². The van der Waals surface area contributed by atoms with Gasteiger partial charge in [-0.1, -0.05) is 28.1 Å². The molecule has 1 aromatic rings. The molecule has 0 heterocycles. The number of alkyl halides is 4. The SMILES string of the molecule is FC(F)(F)COCC(CCl)Cc1cccc(Br)c1. The first-order valence-electron chi connectivity index (χ1n) is 5.35. The lowest BCUT2D eigenvalue weighted by Crippen LogP contribution is -2.22. The van der Waals surface area contributed by atoms with Crippen molar-refractivity contribution in [3.63, 3.8) is 0 Å². The summed E-state index contributed by atoms with van der Waals surface area (Å²) >= 11 is 9.07. The molecule has 1 nitrogen and oxygen atoms in total. The lowest BCUT2D eigenvalue weighted by molar-refractivity contribution is -0.176. The Kier molecular flexibility index (Phi) is 6.46. The lowest BCUT2D eigenvalue weighted by atomic mass is 10.0. The van der Waals surface area contributed by atoms with E-state index < -0.39 is 12.8 Å². The van der Waals surface area contributed by atoms with Crippen molar-refractivity contribution in [2.45, 2.75) is 12.6 Å². The minimum atomic E-state index is -4.29. The Labute approximate surface area is 117 Å². The quantitative estimate of drug-likeness (QED) is 0.693. The summed E-state index contributed by atoms with van der Waals surface area (Å²) in [6.07, 6.45) is -3.69. The van der Waals surface area contributed by atoms with Crippen LogP contribution in [0.25, 0.3) is 0 Å². The summed E-state index contributed by atoms with van der Waals surface area (Å²) in [7, 11) is 0. The Hall–Kier alpha value is -0.260. The number of halogens is 5. The highest BCUT2D eigenvalue weighted by atomic mass is 79.9. The van der Waals surface area contributed by atoms with E-state index in [4.69, 9.17) is 11.6 Å². The minimum absolute atomic E-state index is 0.00945. The molecule has 0 bridgehead atoms. The molecule has 0 saturated heterocycles. The fourth-order valence-corrected chi connectivity index (χ4v) is 2.14. The summed E-state index contributed by atoms with van der Waals surface area (Å²) in [6.45, 7) is -1.21. The fraction of sp³-hybridized carbons (Fsp3) is 0.500. The standard InChI is InChI=1S/C12H13BrClF3O/c13-11-3-1-2-9(5-11)4-10(6-14)7-18-8-12(15,16)17/h1-3,5,10H,4,6-8H2. The second-order valence-corrected chi connectivity index (χ2v) is 5.21. The van der Waals surface area contributed by atoms with Gasteiger partial charge < -0.3 is 4.74 Å². The van der Waals surface area contributed by atoms with Crippen LogP contribution in [-0.2, 0) is 11.2 Å². The number of hydrogen-bond donors (Lipinski definition) is 0. The molecule has 0 aliphatic rings. The van der Waals surface area contributed by atoms with Crippen LogP contribution >= 0.6 is 27.5 Å². The van der Waals surface area contributed by atoms with Gasteiger partial charge in [0.15, 0.2) is 0 Å². The van der Waals surface area contributed by atoms with Gasteiger partial charge in [-0.2, -0.15) is 13.2 Å². The molecule has 0 amide bonds. The summed E-state index contributed by atoms with van der Waals surface area (Å²) in [6, 6.07) is 7.60. The third-order valence-electron chi connectivity index (χ3n) is 2.25. The van der Waals surface area contributed by atoms with Gasteiger partial charge in [0.2, 0.25) is 0 Å². The van der Waals surface area contributed by atoms with Crippen LogP contribution in [0.5, 0.6) is 0 Å². The molecule has 0 fully saturated rings. The predicted molar refractivity (Wildman–Crippen MR) is 68.9 cm³/mol. The van der Waals surface area contributed by atoms with Crippen molar-refractivity contribution < 1.29 is 17.9 Å². The van der Waals surface area contributed by atoms with Gasteiger partial charge in [-0.15, -0.1) is 11.6 Å². The van der Waals surface area contributed by atoms with Crippen molar-refractivity contribution in [1.29, 1.82) is 0 Å². The zero-order chi connectivity index (χ0) is 13.6. The van der Waals surface area contributed by atoms with Crippen molar-refractivity contribution in [1.82, 2.24) is 0 Å². The third kappa shape index (κ3) is 6.61. The van der Waals surface area contributed by atoms with Gasteiger partial charge >= 0.3 is 6.18 Å². The Morgan fingerprint density at radius 3 is 2.61 bits per heavy atom. The van der Waals surface area contributed by atoms with E-state index in [0.29, 0.717) is 6.42 Å². The van der Waals surface area contributed by atoms with E-state index in [1.807, 2.05) is 24.3 Å². The molecule has 1 unspecified atom stereocenters. The van der Waals surface area contributed by atoms with Crippen molar-refractivity contribution in [2.75, 3.05) is 19.1 Å². The average Bonchev–Trinajstić information content (AvgIpc) is 2.26. The summed E-state index contributed by atoms with van der Waals surface area (Å²) in [5, 5.41) is 0. The molecule has 1 rings (SSSR count). The zero-order valence-corrected chi connectivity index (χ0v) is 11.9. The first-order chi connectivity index (χ1) is 8.40. The van der Waals surface area contributed by atoms with Crippen LogP contribution in [0.2, 0.25) is 0 Å². The number of rotatable bonds is 6. The smallest absolute Gasteiger partial charge is 0.372 e. The first-order valence-corrected chi connectivity index (χ1v) is 6.68. The van der Waals surface area contributed by atoms with Crippen LogP contribution in [0.4, 0.5) is 13.2 Å². The van der Waals surface area contributed by atoms with Crippen molar-refractivity contribution >= 4 is 27.5 Å². The van der Waals surface area contributed by atoms with E-state index in [-0.39, 0.29) is 18.4 Å². The highest BCUT2D eigenvalue weighted by Gasteiger charge is 2.27. The monoisotopic (exact) mass is 344 g/mol. The second-order valence-electron chi connectivity index (χ2n) is 3.98. The van der Waals surface area contributed by atoms with Gasteiger partial charge in [0.1, 0.15) is 6.61 Å². The van der Waals surface area contributed by atoms with E-state index in [0.717, 1.165) is 10.0 Å². The molecule has 102 valence electrons. The molecule has 0 aliphatic carbocycles. The maximum atomic E-state index is 11.9. The minimum Gasteiger partial charge on any atom is -0.372 e. The largest absolute Gasteiger partial charge is 0.411 e. The maximum absolute atomic E-state index is 11.9. The van der Waals surface area contributed by atoms with Crippen molar-refractivity contribution in [2.24, 2.45) is 5.92 Å². The second kappa shape index (κ2) is 7.36. The number of benzene rings is 1. The molecule has 0 spiro atoms. The maximum Gasteiger partial charge on any atom is 0.411 e. The number of hydrogen-bond acceptors (Lipinski definition) is 1. The van der Waals surface area contributed by atoms with E-state index >= 15 is 0 Å². The van der Waals surface area contributed by atoms with Gasteiger partial charge in [-0.25, -0.2) is 0 Å².